The molecule has 3 aromatic rings. The number of ether oxygens (including phenoxy) is 1. The number of methoxy groups -OCH3 is 1. The van der Waals surface area contributed by atoms with Crippen LogP contribution in [0.2, 0.25) is 0 Å². The van der Waals surface area contributed by atoms with Crippen LogP contribution in [0.15, 0.2) is 96.7 Å². The summed E-state index contributed by atoms with van der Waals surface area (Å²) in [7, 11) is 1.31. The normalized spacial score (nSPS) is 10.9. The molecule has 5 nitrogen and oxygen atoms in total. The van der Waals surface area contributed by atoms with Crippen LogP contribution in [-0.2, 0) is 4.74 Å². The minimum Gasteiger partial charge on any atom is -0.465 e. The Bertz CT molecular complexity index is 1040. The molecule has 0 aromatic heterocycles. The molecule has 0 saturated heterocycles. The van der Waals surface area contributed by atoms with Gasteiger partial charge < -0.3 is 10.1 Å². The van der Waals surface area contributed by atoms with Crippen molar-refractivity contribution in [2.24, 2.45) is 0 Å². The molecule has 0 spiro atoms. The van der Waals surface area contributed by atoms with Crippen LogP contribution in [-0.4, -0.2) is 24.6 Å². The van der Waals surface area contributed by atoms with E-state index < -0.39 is 5.97 Å². The number of carbonyl (C=O) groups is 3. The first kappa shape index (κ1) is 19.8. The van der Waals surface area contributed by atoms with Gasteiger partial charge in [0.2, 0.25) is 5.78 Å². The van der Waals surface area contributed by atoms with E-state index >= 15 is 0 Å². The van der Waals surface area contributed by atoms with E-state index in [1.165, 1.54) is 13.2 Å². The lowest BCUT2D eigenvalue weighted by Crippen LogP contribution is -2.14. The number of rotatable bonds is 7. The van der Waals surface area contributed by atoms with E-state index in [4.69, 9.17) is 0 Å². The molecule has 144 valence electrons. The van der Waals surface area contributed by atoms with Crippen molar-refractivity contribution in [3.8, 4) is 0 Å². The van der Waals surface area contributed by atoms with E-state index in [2.05, 4.69) is 10.1 Å². The maximum atomic E-state index is 13.0. The summed E-state index contributed by atoms with van der Waals surface area (Å²) in [6.07, 6.45) is 1.29. The van der Waals surface area contributed by atoms with Crippen LogP contribution >= 0.6 is 0 Å². The fourth-order valence-corrected chi connectivity index (χ4v) is 2.68. The topological polar surface area (TPSA) is 72.5 Å². The Labute approximate surface area is 168 Å². The Kier molecular flexibility index (Phi) is 6.32. The van der Waals surface area contributed by atoms with Crippen LogP contribution in [0, 0.1) is 0 Å². The van der Waals surface area contributed by atoms with Gasteiger partial charge in [-0.1, -0.05) is 60.7 Å². The molecule has 0 bridgehead atoms. The molecule has 0 aliphatic rings. The predicted molar refractivity (Wildman–Crippen MR) is 111 cm³/mol. The number of Topliss-reactive ketones (excluding diaryl/α,β-unsaturated/α-hetero) is 1. The zero-order chi connectivity index (χ0) is 20.6. The average Bonchev–Trinajstić information content (AvgIpc) is 2.79. The van der Waals surface area contributed by atoms with Gasteiger partial charge in [-0.15, -0.1) is 0 Å². The summed E-state index contributed by atoms with van der Waals surface area (Å²) in [6.45, 7) is 0. The maximum Gasteiger partial charge on any atom is 0.337 e. The van der Waals surface area contributed by atoms with Gasteiger partial charge in [0.15, 0.2) is 5.78 Å². The van der Waals surface area contributed by atoms with Crippen LogP contribution < -0.4 is 5.32 Å². The molecule has 5 heteroatoms. The van der Waals surface area contributed by atoms with Crippen molar-refractivity contribution in [1.82, 2.24) is 0 Å². The molecule has 0 heterocycles. The van der Waals surface area contributed by atoms with Gasteiger partial charge in [-0.3, -0.25) is 9.59 Å². The van der Waals surface area contributed by atoms with E-state index in [9.17, 15) is 14.4 Å². The Balaban J connectivity index is 1.92. The molecule has 0 atom stereocenters. The van der Waals surface area contributed by atoms with Crippen LogP contribution in [0.1, 0.15) is 31.1 Å². The Morgan fingerprint density at radius 1 is 0.724 bits per heavy atom. The standard InChI is InChI=1S/C24H19NO4/c1-29-24(28)19-12-14-20(15-13-19)25-21(23(27)18-10-6-3-7-11-18)16-22(26)17-8-4-2-5-9-17/h2-16,25H,1H3/b21-16-. The molecule has 0 aliphatic heterocycles. The summed E-state index contributed by atoms with van der Waals surface area (Å²) in [5, 5.41) is 3.00. The highest BCUT2D eigenvalue weighted by atomic mass is 16.5. The van der Waals surface area contributed by atoms with E-state index in [1.807, 2.05) is 12.1 Å². The molecule has 1 N–H and O–H groups in total. The van der Waals surface area contributed by atoms with Gasteiger partial charge in [-0.2, -0.15) is 0 Å². The van der Waals surface area contributed by atoms with Gasteiger partial charge in [0, 0.05) is 22.9 Å². The van der Waals surface area contributed by atoms with Crippen molar-refractivity contribution in [2.75, 3.05) is 12.4 Å². The van der Waals surface area contributed by atoms with Crippen molar-refractivity contribution < 1.29 is 19.1 Å². The number of benzene rings is 3. The highest BCUT2D eigenvalue weighted by molar-refractivity contribution is 6.16. The van der Waals surface area contributed by atoms with Crippen LogP contribution in [0.3, 0.4) is 0 Å². The smallest absolute Gasteiger partial charge is 0.337 e. The molecule has 0 amide bonds. The highest BCUT2D eigenvalue weighted by Crippen LogP contribution is 2.17. The zero-order valence-electron chi connectivity index (χ0n) is 15.8. The van der Waals surface area contributed by atoms with Crippen molar-refractivity contribution in [3.63, 3.8) is 0 Å². The molecular weight excluding hydrogens is 366 g/mol. The van der Waals surface area contributed by atoms with Crippen molar-refractivity contribution in [3.05, 3.63) is 113 Å². The minimum absolute atomic E-state index is 0.135. The summed E-state index contributed by atoms with van der Waals surface area (Å²) in [4.78, 5) is 37.2. The first-order valence-corrected chi connectivity index (χ1v) is 8.94. The largest absolute Gasteiger partial charge is 0.465 e. The SMILES string of the molecule is COC(=O)c1ccc(N/C(=C\C(=O)c2ccccc2)C(=O)c2ccccc2)cc1. The first-order valence-electron chi connectivity index (χ1n) is 8.94. The number of ketones is 2. The van der Waals surface area contributed by atoms with E-state index in [-0.39, 0.29) is 17.3 Å². The van der Waals surface area contributed by atoms with Gasteiger partial charge in [0.1, 0.15) is 0 Å². The maximum absolute atomic E-state index is 13.0. The van der Waals surface area contributed by atoms with Crippen LogP contribution in [0.4, 0.5) is 5.69 Å². The van der Waals surface area contributed by atoms with Crippen LogP contribution in [0.25, 0.3) is 0 Å². The zero-order valence-corrected chi connectivity index (χ0v) is 15.8. The number of allylic oxidation sites excluding steroid dienone is 2. The second-order valence-corrected chi connectivity index (χ2v) is 6.18. The first-order chi connectivity index (χ1) is 14.1. The molecule has 0 unspecified atom stereocenters. The molecule has 3 rings (SSSR count). The summed E-state index contributed by atoms with van der Waals surface area (Å²) < 4.78 is 4.69. The fourth-order valence-electron chi connectivity index (χ4n) is 2.68. The van der Waals surface area contributed by atoms with Crippen molar-refractivity contribution in [1.29, 1.82) is 0 Å². The van der Waals surface area contributed by atoms with Gasteiger partial charge in [0.05, 0.1) is 18.4 Å². The van der Waals surface area contributed by atoms with Gasteiger partial charge >= 0.3 is 5.97 Å². The summed E-state index contributed by atoms with van der Waals surface area (Å²) in [5.74, 6) is -1.05. The molecule has 0 saturated carbocycles. The quantitative estimate of drug-likeness (QED) is 0.367. The van der Waals surface area contributed by atoms with Gasteiger partial charge in [-0.25, -0.2) is 4.79 Å². The number of hydrogen-bond acceptors (Lipinski definition) is 5. The summed E-state index contributed by atoms with van der Waals surface area (Å²) in [5.41, 5.74) is 2.02. The molecule has 3 aromatic carbocycles. The van der Waals surface area contributed by atoms with E-state index in [1.54, 1.807) is 72.8 Å². The summed E-state index contributed by atoms with van der Waals surface area (Å²) in [6, 6.07) is 23.9. The van der Waals surface area contributed by atoms with Crippen molar-refractivity contribution >= 4 is 23.2 Å². The van der Waals surface area contributed by atoms with Crippen LogP contribution in [0.5, 0.6) is 0 Å². The fraction of sp³-hybridized carbons (Fsp3) is 0.0417. The van der Waals surface area contributed by atoms with Crippen molar-refractivity contribution in [2.45, 2.75) is 0 Å². The number of carbonyl (C=O) groups excluding carboxylic acids is 3. The molecule has 29 heavy (non-hydrogen) atoms. The van der Waals surface area contributed by atoms with E-state index in [0.29, 0.717) is 22.4 Å². The minimum atomic E-state index is -0.452. The number of esters is 1. The Morgan fingerprint density at radius 2 is 1.28 bits per heavy atom. The van der Waals surface area contributed by atoms with Gasteiger partial charge in [0.25, 0.3) is 0 Å². The molecule has 0 fully saturated rings. The lowest BCUT2D eigenvalue weighted by atomic mass is 10.0. The lowest BCUT2D eigenvalue weighted by Gasteiger charge is -2.11. The number of nitrogens with one attached hydrogen (secondary N) is 1. The number of anilines is 1. The predicted octanol–water partition coefficient (Wildman–Crippen LogP) is 4.53. The van der Waals surface area contributed by atoms with E-state index in [0.717, 1.165) is 0 Å². The summed E-state index contributed by atoms with van der Waals surface area (Å²) >= 11 is 0. The third-order valence-corrected chi connectivity index (χ3v) is 4.20. The lowest BCUT2D eigenvalue weighted by molar-refractivity contribution is 0.0600. The average molecular weight is 385 g/mol. The monoisotopic (exact) mass is 385 g/mol. The molecule has 0 aliphatic carbocycles. The Morgan fingerprint density at radius 3 is 1.83 bits per heavy atom. The highest BCUT2D eigenvalue weighted by Gasteiger charge is 2.15. The third kappa shape index (κ3) is 5.05. The second kappa shape index (κ2) is 9.28. The van der Waals surface area contributed by atoms with Gasteiger partial charge in [-0.05, 0) is 24.3 Å². The number of hydrogen-bond donors (Lipinski definition) is 1. The second-order valence-electron chi connectivity index (χ2n) is 6.18. The molecular formula is C24H19NO4. The Hall–Kier alpha value is -3.99. The molecule has 0 radical (unpaired) electrons. The third-order valence-electron chi connectivity index (χ3n) is 4.20.